The Morgan fingerprint density at radius 3 is 2.48 bits per heavy atom. The van der Waals surface area contributed by atoms with Gasteiger partial charge in [-0.25, -0.2) is 8.42 Å². The summed E-state index contributed by atoms with van der Waals surface area (Å²) in [4.78, 5) is 41.2. The molecule has 1 saturated carbocycles. The molecule has 3 aromatic carbocycles. The highest BCUT2D eigenvalue weighted by molar-refractivity contribution is 7.92. The lowest BCUT2D eigenvalue weighted by Crippen LogP contribution is -2.36. The summed E-state index contributed by atoms with van der Waals surface area (Å²) in [6, 6.07) is 21.2. The third-order valence-corrected chi connectivity index (χ3v) is 11.3. The van der Waals surface area contributed by atoms with Gasteiger partial charge in [-0.3, -0.25) is 18.7 Å². The molecule has 4 aromatic rings. The summed E-state index contributed by atoms with van der Waals surface area (Å²) in [5.74, 6) is -0.0221. The van der Waals surface area contributed by atoms with E-state index in [4.69, 9.17) is 16.0 Å². The average molecular weight is 716 g/mol. The molecule has 1 aliphatic carbocycles. The van der Waals surface area contributed by atoms with Crippen molar-refractivity contribution in [2.24, 2.45) is 0 Å². The number of anilines is 1. The summed E-state index contributed by atoms with van der Waals surface area (Å²) in [5.41, 5.74) is 4.84. The highest BCUT2D eigenvalue weighted by atomic mass is 35.5. The Morgan fingerprint density at radius 2 is 1.76 bits per heavy atom. The minimum Gasteiger partial charge on any atom is -0.451 e. The second-order valence-corrected chi connectivity index (χ2v) is 15.8. The Labute approximate surface area is 298 Å². The third-order valence-electron chi connectivity index (χ3n) is 9.82. The zero-order valence-electron chi connectivity index (χ0n) is 28.4. The van der Waals surface area contributed by atoms with Crippen molar-refractivity contribution >= 4 is 50.1 Å². The average Bonchev–Trinajstić information content (AvgIpc) is 3.10. The molecule has 1 N–H and O–H groups in total. The molecule has 0 spiro atoms. The molecule has 1 aliphatic heterocycles. The molecule has 0 radical (unpaired) electrons. The maximum absolute atomic E-state index is 13.6. The van der Waals surface area contributed by atoms with Gasteiger partial charge >= 0.3 is 0 Å². The minimum atomic E-state index is -3.53. The van der Waals surface area contributed by atoms with Crippen molar-refractivity contribution in [3.8, 4) is 0 Å². The van der Waals surface area contributed by atoms with Crippen molar-refractivity contribution in [1.82, 2.24) is 10.2 Å². The van der Waals surface area contributed by atoms with Gasteiger partial charge in [-0.05, 0) is 97.9 Å². The number of hydrogen-bond acceptors (Lipinski definition) is 6. The number of rotatable bonds is 10. The Morgan fingerprint density at radius 1 is 1.02 bits per heavy atom. The van der Waals surface area contributed by atoms with Crippen LogP contribution in [-0.4, -0.2) is 51.0 Å². The van der Waals surface area contributed by atoms with E-state index in [-0.39, 0.29) is 28.7 Å². The molecular weight excluding hydrogens is 674 g/mol. The number of nitrogens with one attached hydrogen (secondary N) is 1. The lowest BCUT2D eigenvalue weighted by Gasteiger charge is -2.31. The van der Waals surface area contributed by atoms with Crippen LogP contribution in [0.15, 0.2) is 93.7 Å². The maximum Gasteiger partial charge on any atom is 0.287 e. The molecule has 0 bridgehead atoms. The number of halogens is 1. The number of carbonyl (C=O) groups excluding carboxylic acids is 2. The van der Waals surface area contributed by atoms with E-state index in [1.807, 2.05) is 29.2 Å². The molecule has 50 heavy (non-hydrogen) atoms. The quantitative estimate of drug-likeness (QED) is 0.177. The van der Waals surface area contributed by atoms with Crippen LogP contribution in [0.1, 0.15) is 78.1 Å². The molecule has 2 fully saturated rings. The molecule has 1 aromatic heterocycles. The fraction of sp³-hybridized carbons (Fsp3) is 0.359. The minimum absolute atomic E-state index is 0.126. The summed E-state index contributed by atoms with van der Waals surface area (Å²) >= 11 is 6.14. The number of sulfonamides is 1. The largest absolute Gasteiger partial charge is 0.451 e. The lowest BCUT2D eigenvalue weighted by molar-refractivity contribution is -0.133. The van der Waals surface area contributed by atoms with Gasteiger partial charge < -0.3 is 14.6 Å². The van der Waals surface area contributed by atoms with Gasteiger partial charge in [0.25, 0.3) is 5.91 Å². The van der Waals surface area contributed by atoms with Crippen LogP contribution in [-0.2, 0) is 27.8 Å². The van der Waals surface area contributed by atoms with Crippen LogP contribution in [0.3, 0.4) is 0 Å². The van der Waals surface area contributed by atoms with E-state index < -0.39 is 21.4 Å². The molecule has 2 amide bonds. The van der Waals surface area contributed by atoms with Crippen LogP contribution in [0.5, 0.6) is 0 Å². The van der Waals surface area contributed by atoms with Gasteiger partial charge in [0.15, 0.2) is 11.2 Å². The predicted molar refractivity (Wildman–Crippen MR) is 197 cm³/mol. The van der Waals surface area contributed by atoms with Crippen LogP contribution in [0, 0.1) is 0 Å². The topological polar surface area (TPSA) is 117 Å². The number of benzene rings is 3. The number of nitrogens with zero attached hydrogens (tertiary/aromatic N) is 2. The molecule has 0 unspecified atom stereocenters. The van der Waals surface area contributed by atoms with Crippen molar-refractivity contribution in [3.63, 3.8) is 0 Å². The Kier molecular flexibility index (Phi) is 10.8. The molecule has 6 rings (SSSR count). The van der Waals surface area contributed by atoms with Crippen LogP contribution in [0.2, 0.25) is 5.02 Å². The van der Waals surface area contributed by atoms with Crippen LogP contribution in [0.25, 0.3) is 11.0 Å². The van der Waals surface area contributed by atoms with E-state index in [2.05, 4.69) is 35.7 Å². The second-order valence-electron chi connectivity index (χ2n) is 13.4. The van der Waals surface area contributed by atoms with E-state index >= 15 is 0 Å². The first-order valence-corrected chi connectivity index (χ1v) is 19.3. The van der Waals surface area contributed by atoms with E-state index in [1.165, 1.54) is 41.9 Å². The SMILES string of the molecule is CN(c1ccc2oc(C(=O)N[C@@H](C=C3CCC(c4ccccc4CN4CCCCC4=O)CC3)Cc3ccc(Cl)cc3)cc(=O)c2c1)S(C)(=O)=O. The first-order valence-electron chi connectivity index (χ1n) is 17.1. The number of amides is 2. The van der Waals surface area contributed by atoms with Gasteiger partial charge in [-0.1, -0.05) is 59.6 Å². The number of fused-ring (bicyclic) bond motifs is 1. The van der Waals surface area contributed by atoms with Crippen LogP contribution in [0.4, 0.5) is 5.69 Å². The van der Waals surface area contributed by atoms with Gasteiger partial charge in [0, 0.05) is 37.6 Å². The smallest absolute Gasteiger partial charge is 0.287 e. The molecular formula is C39H42ClN3O6S. The standard InChI is InChI=1S/C39H42ClN3O6S/c1-42(50(2,47)48)32-18-19-36-34(23-32)35(44)24-37(49-36)39(46)41-31(22-27-12-16-30(40)17-13-27)21-26-10-14-28(15-11-26)33-8-4-3-7-29(33)25-43-20-6-5-9-38(43)45/h3-4,7-8,12-13,16-19,21,23-24,28,31H,5-6,9-11,14-15,20,22,25H2,1-2H3,(H,41,46)/t28?,31-/m0/s1. The van der Waals surface area contributed by atoms with Crippen molar-refractivity contribution in [2.75, 3.05) is 24.2 Å². The second kappa shape index (κ2) is 15.2. The fourth-order valence-corrected chi connectivity index (χ4v) is 7.59. The van der Waals surface area contributed by atoms with Gasteiger partial charge in [0.05, 0.1) is 23.4 Å². The normalized spacial score (nSPS) is 17.4. The molecule has 1 saturated heterocycles. The lowest BCUT2D eigenvalue weighted by atomic mass is 9.79. The molecule has 11 heteroatoms. The zero-order chi connectivity index (χ0) is 35.4. The van der Waals surface area contributed by atoms with E-state index in [1.54, 1.807) is 0 Å². The maximum atomic E-state index is 13.6. The molecule has 262 valence electrons. The van der Waals surface area contributed by atoms with Crippen molar-refractivity contribution < 1.29 is 22.4 Å². The highest BCUT2D eigenvalue weighted by Crippen LogP contribution is 2.38. The first kappa shape index (κ1) is 35.4. The molecule has 2 aliphatic rings. The van der Waals surface area contributed by atoms with E-state index in [0.29, 0.717) is 36.0 Å². The predicted octanol–water partition coefficient (Wildman–Crippen LogP) is 6.98. The van der Waals surface area contributed by atoms with Gasteiger partial charge in [0.1, 0.15) is 5.58 Å². The zero-order valence-corrected chi connectivity index (χ0v) is 29.9. The first-order chi connectivity index (χ1) is 23.9. The monoisotopic (exact) mass is 715 g/mol. The summed E-state index contributed by atoms with van der Waals surface area (Å²) in [5, 5.41) is 3.88. The third kappa shape index (κ3) is 8.47. The summed E-state index contributed by atoms with van der Waals surface area (Å²) < 4.78 is 31.0. The number of likely N-dealkylation sites (tertiary alicyclic amines) is 1. The summed E-state index contributed by atoms with van der Waals surface area (Å²) in [7, 11) is -2.13. The summed E-state index contributed by atoms with van der Waals surface area (Å²) in [6.45, 7) is 1.48. The van der Waals surface area contributed by atoms with E-state index in [9.17, 15) is 22.8 Å². The molecule has 9 nitrogen and oxygen atoms in total. The molecule has 1 atom stereocenters. The molecule has 2 heterocycles. The Hall–Kier alpha value is -4.41. The number of allylic oxidation sites excluding steroid dienone is 1. The highest BCUT2D eigenvalue weighted by Gasteiger charge is 2.25. The number of carbonyl (C=O) groups is 2. The number of hydrogen-bond donors (Lipinski definition) is 1. The van der Waals surface area contributed by atoms with Gasteiger partial charge in [0.2, 0.25) is 15.9 Å². The van der Waals surface area contributed by atoms with Crippen LogP contribution < -0.4 is 15.1 Å². The Balaban J connectivity index is 1.19. The van der Waals surface area contributed by atoms with Crippen molar-refractivity contribution in [1.29, 1.82) is 0 Å². The van der Waals surface area contributed by atoms with E-state index in [0.717, 1.165) is 67.3 Å². The van der Waals surface area contributed by atoms with Crippen molar-refractivity contribution in [3.05, 3.63) is 122 Å². The van der Waals surface area contributed by atoms with Crippen LogP contribution >= 0.6 is 11.6 Å². The van der Waals surface area contributed by atoms with Crippen molar-refractivity contribution in [2.45, 2.75) is 69.9 Å². The summed E-state index contributed by atoms with van der Waals surface area (Å²) in [6.07, 6.45) is 10.1. The fourth-order valence-electron chi connectivity index (χ4n) is 6.97. The van der Waals surface area contributed by atoms with Gasteiger partial charge in [-0.15, -0.1) is 0 Å². The Bertz CT molecular complexity index is 2080. The van der Waals surface area contributed by atoms with Gasteiger partial charge in [-0.2, -0.15) is 0 Å². The number of piperidine rings is 1.